The smallest absolute Gasteiger partial charge is 0.319 e. The normalized spacial score (nSPS) is 20.1. The lowest BCUT2D eigenvalue weighted by Crippen LogP contribution is -2.42. The summed E-state index contributed by atoms with van der Waals surface area (Å²) in [5.41, 5.74) is 7.17. The van der Waals surface area contributed by atoms with E-state index >= 15 is 0 Å². The van der Waals surface area contributed by atoms with Gasteiger partial charge in [0.1, 0.15) is 17.5 Å². The summed E-state index contributed by atoms with van der Waals surface area (Å²) in [6.45, 7) is 9.30. The molecule has 9 heteroatoms. The molecule has 1 fully saturated rings. The average molecular weight is 444 g/mol. The molecule has 1 aliphatic heterocycles. The van der Waals surface area contributed by atoms with E-state index in [0.717, 1.165) is 31.5 Å². The fourth-order valence-electron chi connectivity index (χ4n) is 4.27. The fraction of sp³-hybridized carbons (Fsp3) is 0.545. The van der Waals surface area contributed by atoms with E-state index in [2.05, 4.69) is 39.9 Å². The Balaban J connectivity index is 1.91. The number of nitrogen functional groups attached to an aromatic ring is 1. The highest BCUT2D eigenvalue weighted by molar-refractivity contribution is 6.30. The van der Waals surface area contributed by atoms with Crippen LogP contribution in [0.2, 0.25) is 5.15 Å². The Morgan fingerprint density at radius 1 is 1.45 bits per heavy atom. The highest BCUT2D eigenvalue weighted by Crippen LogP contribution is 2.34. The van der Waals surface area contributed by atoms with Gasteiger partial charge in [0.05, 0.1) is 12.6 Å². The molecule has 0 amide bonds. The first-order chi connectivity index (χ1) is 14.8. The van der Waals surface area contributed by atoms with Gasteiger partial charge in [0.15, 0.2) is 11.0 Å². The first-order valence-corrected chi connectivity index (χ1v) is 10.9. The number of halogens is 1. The maximum Gasteiger partial charge on any atom is 0.319 e. The molecule has 0 spiro atoms. The summed E-state index contributed by atoms with van der Waals surface area (Å²) in [5, 5.41) is 9.80. The van der Waals surface area contributed by atoms with Crippen molar-refractivity contribution >= 4 is 23.2 Å². The van der Waals surface area contributed by atoms with Crippen molar-refractivity contribution < 1.29 is 4.74 Å². The fourth-order valence-corrected chi connectivity index (χ4v) is 4.47. The highest BCUT2D eigenvalue weighted by atomic mass is 35.5. The lowest BCUT2D eigenvalue weighted by molar-refractivity contribution is 0.0658. The van der Waals surface area contributed by atoms with Gasteiger partial charge >= 0.3 is 6.01 Å². The van der Waals surface area contributed by atoms with Crippen LogP contribution in [0.1, 0.15) is 50.8 Å². The zero-order chi connectivity index (χ0) is 22.6. The molecule has 2 N–H and O–H groups in total. The van der Waals surface area contributed by atoms with Crippen LogP contribution in [0.4, 0.5) is 11.6 Å². The molecule has 0 aliphatic carbocycles. The molecular weight excluding hydrogens is 414 g/mol. The number of ether oxygens (including phenoxy) is 1. The van der Waals surface area contributed by atoms with Crippen LogP contribution in [0.3, 0.4) is 0 Å². The molecule has 3 heterocycles. The molecule has 0 saturated carbocycles. The number of hydrogen-bond donors (Lipinski definition) is 1. The van der Waals surface area contributed by atoms with Gasteiger partial charge in [-0.25, -0.2) is 4.98 Å². The minimum Gasteiger partial charge on any atom is -0.463 e. The molecule has 2 aromatic rings. The van der Waals surface area contributed by atoms with Crippen LogP contribution < -0.4 is 15.4 Å². The van der Waals surface area contributed by atoms with Crippen LogP contribution in [0.5, 0.6) is 6.01 Å². The van der Waals surface area contributed by atoms with Gasteiger partial charge in [-0.15, -0.1) is 0 Å². The molecule has 1 unspecified atom stereocenters. The first-order valence-electron chi connectivity index (χ1n) is 10.5. The Bertz CT molecular complexity index is 963. The third-order valence-electron chi connectivity index (χ3n) is 5.86. The van der Waals surface area contributed by atoms with E-state index in [-0.39, 0.29) is 28.2 Å². The van der Waals surface area contributed by atoms with Gasteiger partial charge in [0.2, 0.25) is 0 Å². The molecule has 166 valence electrons. The molecule has 1 saturated heterocycles. The van der Waals surface area contributed by atoms with Crippen molar-refractivity contribution in [3.63, 3.8) is 0 Å². The number of rotatable bonds is 7. The van der Waals surface area contributed by atoms with Gasteiger partial charge < -0.3 is 20.3 Å². The van der Waals surface area contributed by atoms with Crippen molar-refractivity contribution in [1.82, 2.24) is 19.9 Å². The number of anilines is 2. The van der Waals surface area contributed by atoms with Crippen LogP contribution in [-0.4, -0.2) is 53.1 Å². The predicted octanol–water partition coefficient (Wildman–Crippen LogP) is 3.68. The Labute approximate surface area is 189 Å². The first kappa shape index (κ1) is 23.0. The SMILES string of the molecule is CCN(c1nc(OCC2(C)CCCN(C)C2)nc(Cl)c1C#N)[C@H](C)c1cccnc1N. The second-order valence-corrected chi connectivity index (χ2v) is 8.85. The Morgan fingerprint density at radius 3 is 2.87 bits per heavy atom. The maximum atomic E-state index is 9.72. The summed E-state index contributed by atoms with van der Waals surface area (Å²) in [4.78, 5) is 17.3. The van der Waals surface area contributed by atoms with E-state index < -0.39 is 0 Å². The summed E-state index contributed by atoms with van der Waals surface area (Å²) in [7, 11) is 2.12. The number of nitrogens with zero attached hydrogens (tertiary/aromatic N) is 6. The van der Waals surface area contributed by atoms with Gasteiger partial charge in [0, 0.05) is 30.3 Å². The van der Waals surface area contributed by atoms with E-state index in [9.17, 15) is 5.26 Å². The zero-order valence-corrected chi connectivity index (χ0v) is 19.4. The number of likely N-dealkylation sites (tertiary alicyclic amines) is 1. The standard InChI is InChI=1S/C22H30ClN7O/c1-5-30(15(2)16-8-6-10-26-19(16)25)20-17(12-24)18(23)27-21(28-20)31-14-22(3)9-7-11-29(4)13-22/h6,8,10,15H,5,7,9,11,13-14H2,1-4H3,(H2,25,26)/t15-,22?/m1/s1. The average Bonchev–Trinajstić information content (AvgIpc) is 2.73. The number of nitriles is 1. The molecule has 31 heavy (non-hydrogen) atoms. The van der Waals surface area contributed by atoms with Crippen LogP contribution in [-0.2, 0) is 0 Å². The summed E-state index contributed by atoms with van der Waals surface area (Å²) in [6.07, 6.45) is 3.86. The summed E-state index contributed by atoms with van der Waals surface area (Å²) < 4.78 is 6.02. The summed E-state index contributed by atoms with van der Waals surface area (Å²) in [6, 6.07) is 5.90. The molecule has 2 atom stereocenters. The van der Waals surface area contributed by atoms with Gasteiger partial charge in [-0.1, -0.05) is 24.6 Å². The molecule has 1 aliphatic rings. The van der Waals surface area contributed by atoms with E-state index in [1.54, 1.807) is 6.20 Å². The highest BCUT2D eigenvalue weighted by Gasteiger charge is 2.31. The van der Waals surface area contributed by atoms with Crippen molar-refractivity contribution in [2.45, 2.75) is 39.7 Å². The third-order valence-corrected chi connectivity index (χ3v) is 6.13. The van der Waals surface area contributed by atoms with Crippen molar-refractivity contribution in [2.75, 3.05) is 43.9 Å². The number of hydrogen-bond acceptors (Lipinski definition) is 8. The van der Waals surface area contributed by atoms with Gasteiger partial charge in [-0.3, -0.25) is 0 Å². The Kier molecular flexibility index (Phi) is 7.19. The number of aromatic nitrogens is 3. The lowest BCUT2D eigenvalue weighted by atomic mass is 9.83. The largest absolute Gasteiger partial charge is 0.463 e. The van der Waals surface area contributed by atoms with Crippen LogP contribution >= 0.6 is 11.6 Å². The molecule has 3 rings (SSSR count). The molecule has 0 bridgehead atoms. The van der Waals surface area contributed by atoms with Crippen molar-refractivity contribution in [3.8, 4) is 12.1 Å². The van der Waals surface area contributed by atoms with Crippen molar-refractivity contribution in [3.05, 3.63) is 34.6 Å². The van der Waals surface area contributed by atoms with Crippen molar-refractivity contribution in [1.29, 1.82) is 5.26 Å². The quantitative estimate of drug-likeness (QED) is 0.646. The van der Waals surface area contributed by atoms with Crippen LogP contribution in [0.15, 0.2) is 18.3 Å². The summed E-state index contributed by atoms with van der Waals surface area (Å²) >= 11 is 6.37. The summed E-state index contributed by atoms with van der Waals surface area (Å²) in [5.74, 6) is 0.875. The number of pyridine rings is 1. The van der Waals surface area contributed by atoms with E-state index in [1.165, 1.54) is 0 Å². The maximum absolute atomic E-state index is 9.72. The van der Waals surface area contributed by atoms with Gasteiger partial charge in [0.25, 0.3) is 0 Å². The Morgan fingerprint density at radius 2 is 2.23 bits per heavy atom. The number of piperidine rings is 1. The predicted molar refractivity (Wildman–Crippen MR) is 122 cm³/mol. The minimum absolute atomic E-state index is 0.0127. The van der Waals surface area contributed by atoms with E-state index in [1.807, 2.05) is 30.9 Å². The van der Waals surface area contributed by atoms with Gasteiger partial charge in [-0.2, -0.15) is 15.2 Å². The van der Waals surface area contributed by atoms with Crippen LogP contribution in [0.25, 0.3) is 0 Å². The van der Waals surface area contributed by atoms with E-state index in [4.69, 9.17) is 22.1 Å². The van der Waals surface area contributed by atoms with Gasteiger partial charge in [-0.05, 0) is 46.3 Å². The number of nitrogens with two attached hydrogens (primary N) is 1. The minimum atomic E-state index is -0.172. The van der Waals surface area contributed by atoms with Crippen molar-refractivity contribution in [2.24, 2.45) is 5.41 Å². The lowest BCUT2D eigenvalue weighted by Gasteiger charge is -2.38. The molecule has 2 aromatic heterocycles. The van der Waals surface area contributed by atoms with Crippen LogP contribution in [0, 0.1) is 16.7 Å². The molecule has 0 aromatic carbocycles. The third kappa shape index (κ3) is 5.17. The van der Waals surface area contributed by atoms with E-state index in [0.29, 0.717) is 24.8 Å². The zero-order valence-electron chi connectivity index (χ0n) is 18.6. The molecule has 8 nitrogen and oxygen atoms in total. The Hall–Kier alpha value is -2.63. The monoisotopic (exact) mass is 443 g/mol. The second kappa shape index (κ2) is 9.67. The molecular formula is C22H30ClN7O. The second-order valence-electron chi connectivity index (χ2n) is 8.49. The topological polar surface area (TPSA) is 104 Å². The molecule has 0 radical (unpaired) electrons.